The largest absolute Gasteiger partial charge is 0.495 e. The molecule has 1 aliphatic rings. The van der Waals surface area contributed by atoms with Crippen LogP contribution >= 0.6 is 0 Å². The molecule has 0 aromatic rings. The van der Waals surface area contributed by atoms with Crippen molar-refractivity contribution in [3.8, 4) is 0 Å². The number of rotatable bonds is 3. The molecular formula is C13H17F2NO. The van der Waals surface area contributed by atoms with Crippen LogP contribution in [0, 0.1) is 0 Å². The Labute approximate surface area is 101 Å². The Hall–Kier alpha value is -1.58. The van der Waals surface area contributed by atoms with Crippen LogP contribution in [0.2, 0.25) is 0 Å². The fourth-order valence-corrected chi connectivity index (χ4v) is 1.57. The first-order chi connectivity index (χ1) is 7.99. The lowest BCUT2D eigenvalue weighted by molar-refractivity contribution is 0.187. The van der Waals surface area contributed by atoms with Crippen LogP contribution in [-0.2, 0) is 4.74 Å². The third kappa shape index (κ3) is 3.19. The van der Waals surface area contributed by atoms with E-state index in [0.29, 0.717) is 5.76 Å². The van der Waals surface area contributed by atoms with Crippen molar-refractivity contribution in [2.75, 3.05) is 7.11 Å². The number of hydrogen-bond acceptors (Lipinski definition) is 2. The summed E-state index contributed by atoms with van der Waals surface area (Å²) in [6.45, 7) is 5.14. The van der Waals surface area contributed by atoms with Gasteiger partial charge in [0, 0.05) is 18.0 Å². The average Bonchev–Trinajstić information content (AvgIpc) is 2.27. The van der Waals surface area contributed by atoms with E-state index in [-0.39, 0.29) is 5.57 Å². The van der Waals surface area contributed by atoms with Crippen molar-refractivity contribution in [1.82, 2.24) is 4.90 Å². The van der Waals surface area contributed by atoms with Gasteiger partial charge in [0.25, 0.3) is 6.43 Å². The lowest BCUT2D eigenvalue weighted by Crippen LogP contribution is -2.17. The van der Waals surface area contributed by atoms with Gasteiger partial charge in [-0.15, -0.1) is 0 Å². The lowest BCUT2D eigenvalue weighted by Gasteiger charge is -2.26. The van der Waals surface area contributed by atoms with Crippen LogP contribution in [0.5, 0.6) is 0 Å². The van der Waals surface area contributed by atoms with Crippen molar-refractivity contribution >= 4 is 0 Å². The molecule has 0 amide bonds. The van der Waals surface area contributed by atoms with Crippen LogP contribution in [-0.4, -0.2) is 18.4 Å². The summed E-state index contributed by atoms with van der Waals surface area (Å²) in [6, 6.07) is 0. The summed E-state index contributed by atoms with van der Waals surface area (Å²) in [6.07, 6.45) is 4.48. The molecule has 1 aliphatic heterocycles. The number of halogens is 2. The highest BCUT2D eigenvalue weighted by molar-refractivity contribution is 5.39. The van der Waals surface area contributed by atoms with Gasteiger partial charge in [-0.1, -0.05) is 6.08 Å². The van der Waals surface area contributed by atoms with Crippen molar-refractivity contribution in [3.05, 3.63) is 47.2 Å². The van der Waals surface area contributed by atoms with Crippen LogP contribution < -0.4 is 0 Å². The normalized spacial score (nSPS) is 19.6. The number of nitrogens with zero attached hydrogens (tertiary/aromatic N) is 1. The SMILES string of the molecule is C/C=C1\C(OC)=CC(C)=CN1/C=C(\C)C(F)F. The maximum absolute atomic E-state index is 12.5. The Kier molecular flexibility index (Phi) is 4.49. The summed E-state index contributed by atoms with van der Waals surface area (Å²) < 4.78 is 30.3. The molecule has 0 bridgehead atoms. The summed E-state index contributed by atoms with van der Waals surface area (Å²) in [7, 11) is 1.57. The minimum absolute atomic E-state index is 0.0192. The molecule has 0 radical (unpaired) electrons. The van der Waals surface area contributed by atoms with Gasteiger partial charge in [-0.3, -0.25) is 0 Å². The zero-order valence-electron chi connectivity index (χ0n) is 10.5. The van der Waals surface area contributed by atoms with Crippen molar-refractivity contribution < 1.29 is 13.5 Å². The number of ether oxygens (including phenoxy) is 1. The third-order valence-corrected chi connectivity index (χ3v) is 2.41. The Morgan fingerprint density at radius 3 is 2.59 bits per heavy atom. The maximum atomic E-state index is 12.5. The molecule has 0 saturated heterocycles. The van der Waals surface area contributed by atoms with Gasteiger partial charge in [0.05, 0.1) is 12.8 Å². The molecule has 0 atom stereocenters. The monoisotopic (exact) mass is 241 g/mol. The van der Waals surface area contributed by atoms with Crippen LogP contribution in [0.25, 0.3) is 0 Å². The molecular weight excluding hydrogens is 224 g/mol. The highest BCUT2D eigenvalue weighted by atomic mass is 19.3. The summed E-state index contributed by atoms with van der Waals surface area (Å²) in [5.74, 6) is 0.672. The predicted molar refractivity (Wildman–Crippen MR) is 64.2 cm³/mol. The van der Waals surface area contributed by atoms with Gasteiger partial charge in [-0.25, -0.2) is 8.78 Å². The number of allylic oxidation sites excluding steroid dienone is 4. The van der Waals surface area contributed by atoms with Crippen LogP contribution in [0.1, 0.15) is 20.8 Å². The highest BCUT2D eigenvalue weighted by Gasteiger charge is 2.17. The van der Waals surface area contributed by atoms with E-state index in [1.54, 1.807) is 18.2 Å². The van der Waals surface area contributed by atoms with Gasteiger partial charge in [0.1, 0.15) is 5.76 Å². The Balaban J connectivity index is 3.09. The molecule has 0 aliphatic carbocycles. The Morgan fingerprint density at radius 2 is 2.12 bits per heavy atom. The quantitative estimate of drug-likeness (QED) is 0.745. The maximum Gasteiger partial charge on any atom is 0.261 e. The van der Waals surface area contributed by atoms with Crippen molar-refractivity contribution in [3.63, 3.8) is 0 Å². The van der Waals surface area contributed by atoms with E-state index in [4.69, 9.17) is 4.74 Å². The first kappa shape index (κ1) is 13.5. The Morgan fingerprint density at radius 1 is 1.47 bits per heavy atom. The van der Waals surface area contributed by atoms with E-state index in [9.17, 15) is 8.78 Å². The summed E-state index contributed by atoms with van der Waals surface area (Å²) >= 11 is 0. The molecule has 94 valence electrons. The summed E-state index contributed by atoms with van der Waals surface area (Å²) in [4.78, 5) is 1.66. The molecule has 0 N–H and O–H groups in total. The minimum atomic E-state index is -2.45. The molecule has 0 aromatic heterocycles. The molecule has 4 heteroatoms. The molecule has 0 aromatic carbocycles. The van der Waals surface area contributed by atoms with Crippen molar-refractivity contribution in [2.45, 2.75) is 27.2 Å². The second-order valence-corrected chi connectivity index (χ2v) is 3.84. The first-order valence-corrected chi connectivity index (χ1v) is 5.35. The van der Waals surface area contributed by atoms with E-state index in [1.165, 1.54) is 13.1 Å². The third-order valence-electron chi connectivity index (χ3n) is 2.41. The van der Waals surface area contributed by atoms with E-state index >= 15 is 0 Å². The van der Waals surface area contributed by atoms with E-state index in [2.05, 4.69) is 0 Å². The average molecular weight is 241 g/mol. The van der Waals surface area contributed by atoms with Gasteiger partial charge in [0.2, 0.25) is 0 Å². The zero-order chi connectivity index (χ0) is 13.0. The summed E-state index contributed by atoms with van der Waals surface area (Å²) in [5.41, 5.74) is 1.73. The molecule has 1 heterocycles. The highest BCUT2D eigenvalue weighted by Crippen LogP contribution is 2.26. The van der Waals surface area contributed by atoms with Gasteiger partial charge in [-0.05, 0) is 32.4 Å². The topological polar surface area (TPSA) is 12.5 Å². The fraction of sp³-hybridized carbons (Fsp3) is 0.385. The smallest absolute Gasteiger partial charge is 0.261 e. The standard InChI is InChI=1S/C13H17F2NO/c1-5-11-12(17-4)6-9(2)7-16(11)8-10(3)13(14)15/h5-8,13H,1-4H3/b10-8+,11-5+. The van der Waals surface area contributed by atoms with Gasteiger partial charge in [-0.2, -0.15) is 0 Å². The molecule has 0 saturated carbocycles. The second-order valence-electron chi connectivity index (χ2n) is 3.84. The first-order valence-electron chi connectivity index (χ1n) is 5.35. The molecule has 2 nitrogen and oxygen atoms in total. The number of alkyl halides is 2. The van der Waals surface area contributed by atoms with Crippen LogP contribution in [0.15, 0.2) is 47.2 Å². The van der Waals surface area contributed by atoms with Crippen LogP contribution in [0.3, 0.4) is 0 Å². The zero-order valence-corrected chi connectivity index (χ0v) is 10.5. The molecule has 17 heavy (non-hydrogen) atoms. The van der Waals surface area contributed by atoms with Gasteiger partial charge in [0.15, 0.2) is 0 Å². The van der Waals surface area contributed by atoms with Gasteiger partial charge >= 0.3 is 0 Å². The van der Waals surface area contributed by atoms with Crippen LogP contribution in [0.4, 0.5) is 8.78 Å². The van der Waals surface area contributed by atoms with E-state index < -0.39 is 6.43 Å². The predicted octanol–water partition coefficient (Wildman–Crippen LogP) is 3.81. The van der Waals surface area contributed by atoms with Crippen molar-refractivity contribution in [2.24, 2.45) is 0 Å². The number of hydrogen-bond donors (Lipinski definition) is 0. The summed E-state index contributed by atoms with van der Waals surface area (Å²) in [5, 5.41) is 0. The lowest BCUT2D eigenvalue weighted by atomic mass is 10.1. The van der Waals surface area contributed by atoms with Crippen molar-refractivity contribution in [1.29, 1.82) is 0 Å². The molecule has 0 unspecified atom stereocenters. The second kappa shape index (κ2) is 5.66. The molecule has 0 fully saturated rings. The Bertz CT molecular complexity index is 406. The van der Waals surface area contributed by atoms with E-state index in [1.807, 2.05) is 26.0 Å². The number of methoxy groups -OCH3 is 1. The fourth-order valence-electron chi connectivity index (χ4n) is 1.57. The molecule has 0 spiro atoms. The molecule has 1 rings (SSSR count). The van der Waals surface area contributed by atoms with Gasteiger partial charge < -0.3 is 9.64 Å². The van der Waals surface area contributed by atoms with E-state index in [0.717, 1.165) is 11.3 Å². The minimum Gasteiger partial charge on any atom is -0.495 e.